The van der Waals surface area contributed by atoms with Gasteiger partial charge in [0.1, 0.15) is 11.5 Å². The van der Waals surface area contributed by atoms with Crippen molar-refractivity contribution in [3.8, 4) is 11.5 Å². The Labute approximate surface area is 144 Å². The van der Waals surface area contributed by atoms with Crippen LogP contribution in [0.5, 0.6) is 11.5 Å². The molecule has 0 saturated carbocycles. The lowest BCUT2D eigenvalue weighted by molar-refractivity contribution is -0.122. The first-order valence-electron chi connectivity index (χ1n) is 7.49. The van der Waals surface area contributed by atoms with Crippen LogP contribution >= 0.6 is 11.8 Å². The van der Waals surface area contributed by atoms with Gasteiger partial charge in [0.2, 0.25) is 0 Å². The zero-order chi connectivity index (χ0) is 17.3. The van der Waals surface area contributed by atoms with Crippen LogP contribution in [-0.2, 0) is 4.79 Å². The smallest absolute Gasteiger partial charge is 0.293 e. The molecule has 0 spiro atoms. The molecular formula is C18H17NO4S. The second-order valence-electron chi connectivity index (χ2n) is 5.19. The van der Waals surface area contributed by atoms with E-state index in [1.165, 1.54) is 4.90 Å². The van der Waals surface area contributed by atoms with E-state index in [9.17, 15) is 9.59 Å². The Morgan fingerprint density at radius 3 is 2.50 bits per heavy atom. The van der Waals surface area contributed by atoms with E-state index in [0.29, 0.717) is 22.9 Å². The highest BCUT2D eigenvalue weighted by Gasteiger charge is 2.34. The lowest BCUT2D eigenvalue weighted by Gasteiger charge is -2.11. The van der Waals surface area contributed by atoms with Gasteiger partial charge < -0.3 is 9.47 Å². The van der Waals surface area contributed by atoms with E-state index >= 15 is 0 Å². The van der Waals surface area contributed by atoms with Crippen molar-refractivity contribution in [2.75, 3.05) is 20.8 Å². The van der Waals surface area contributed by atoms with Crippen molar-refractivity contribution in [3.05, 3.63) is 40.8 Å². The lowest BCUT2D eigenvalue weighted by atomic mass is 10.0. The highest BCUT2D eigenvalue weighted by molar-refractivity contribution is 8.18. The summed E-state index contributed by atoms with van der Waals surface area (Å²) in [4.78, 5) is 25.9. The Balaban J connectivity index is 2.19. The standard InChI is InChI=1S/C18H17NO4S/c1-4-19-17(20)16(24-18(19)21)10-14-13-9-12(22-2)7-5-11(13)6-8-15(14)23-3/h5-10H,4H2,1-3H3/b16-10+. The molecule has 6 heteroatoms. The van der Waals surface area contributed by atoms with Gasteiger partial charge in [-0.1, -0.05) is 12.1 Å². The molecule has 1 aliphatic heterocycles. The number of amides is 2. The molecule has 0 atom stereocenters. The fourth-order valence-electron chi connectivity index (χ4n) is 2.66. The van der Waals surface area contributed by atoms with Crippen LogP contribution in [0.2, 0.25) is 0 Å². The number of thioether (sulfide) groups is 1. The Morgan fingerprint density at radius 1 is 1.12 bits per heavy atom. The van der Waals surface area contributed by atoms with E-state index < -0.39 is 0 Å². The number of nitrogens with zero attached hydrogens (tertiary/aromatic N) is 1. The molecule has 0 bridgehead atoms. The van der Waals surface area contributed by atoms with Gasteiger partial charge >= 0.3 is 0 Å². The first-order chi connectivity index (χ1) is 11.6. The van der Waals surface area contributed by atoms with E-state index in [2.05, 4.69) is 0 Å². The highest BCUT2D eigenvalue weighted by atomic mass is 32.2. The van der Waals surface area contributed by atoms with Gasteiger partial charge in [-0.25, -0.2) is 0 Å². The van der Waals surface area contributed by atoms with Crippen molar-refractivity contribution in [1.29, 1.82) is 0 Å². The number of ether oxygens (including phenoxy) is 2. The van der Waals surface area contributed by atoms with Crippen molar-refractivity contribution in [2.45, 2.75) is 6.92 Å². The molecule has 3 rings (SSSR count). The van der Waals surface area contributed by atoms with Crippen LogP contribution in [0.25, 0.3) is 16.8 Å². The van der Waals surface area contributed by atoms with Gasteiger partial charge in [0.05, 0.1) is 19.1 Å². The molecular weight excluding hydrogens is 326 g/mol. The van der Waals surface area contributed by atoms with Gasteiger partial charge in [0, 0.05) is 12.1 Å². The van der Waals surface area contributed by atoms with Crippen LogP contribution in [0.15, 0.2) is 35.2 Å². The maximum absolute atomic E-state index is 12.4. The maximum Gasteiger partial charge on any atom is 0.293 e. The minimum absolute atomic E-state index is 0.245. The van der Waals surface area contributed by atoms with E-state index in [1.807, 2.05) is 30.3 Å². The second kappa shape index (κ2) is 6.57. The summed E-state index contributed by atoms with van der Waals surface area (Å²) in [6, 6.07) is 9.52. The molecule has 24 heavy (non-hydrogen) atoms. The molecule has 2 amide bonds. The molecule has 0 unspecified atom stereocenters. The monoisotopic (exact) mass is 343 g/mol. The van der Waals surface area contributed by atoms with E-state index in [0.717, 1.165) is 28.1 Å². The van der Waals surface area contributed by atoms with Crippen LogP contribution in [0.3, 0.4) is 0 Å². The molecule has 0 aliphatic carbocycles. The first kappa shape index (κ1) is 16.4. The number of fused-ring (bicyclic) bond motifs is 1. The highest BCUT2D eigenvalue weighted by Crippen LogP contribution is 2.37. The first-order valence-corrected chi connectivity index (χ1v) is 8.30. The van der Waals surface area contributed by atoms with Crippen molar-refractivity contribution in [2.24, 2.45) is 0 Å². The summed E-state index contributed by atoms with van der Waals surface area (Å²) >= 11 is 0.951. The Kier molecular flexibility index (Phi) is 4.49. The van der Waals surface area contributed by atoms with Crippen LogP contribution in [-0.4, -0.2) is 36.8 Å². The average Bonchev–Trinajstić information content (AvgIpc) is 2.87. The van der Waals surface area contributed by atoms with Gasteiger partial charge in [-0.15, -0.1) is 0 Å². The van der Waals surface area contributed by atoms with Gasteiger partial charge in [0.25, 0.3) is 11.1 Å². The van der Waals surface area contributed by atoms with Crippen LogP contribution in [0.1, 0.15) is 12.5 Å². The van der Waals surface area contributed by atoms with Crippen LogP contribution in [0, 0.1) is 0 Å². The van der Waals surface area contributed by atoms with Crippen molar-refractivity contribution >= 4 is 39.8 Å². The third-order valence-electron chi connectivity index (χ3n) is 3.92. The predicted octanol–water partition coefficient (Wildman–Crippen LogP) is 3.91. The normalized spacial score (nSPS) is 16.3. The topological polar surface area (TPSA) is 55.8 Å². The number of carbonyl (C=O) groups is 2. The Bertz CT molecular complexity index is 854. The van der Waals surface area contributed by atoms with Gasteiger partial charge in [-0.3, -0.25) is 14.5 Å². The molecule has 0 N–H and O–H groups in total. The minimum Gasteiger partial charge on any atom is -0.497 e. The lowest BCUT2D eigenvalue weighted by Crippen LogP contribution is -2.27. The Hall–Kier alpha value is -2.47. The van der Waals surface area contributed by atoms with Gasteiger partial charge in [-0.05, 0) is 53.7 Å². The van der Waals surface area contributed by atoms with Crippen molar-refractivity contribution in [3.63, 3.8) is 0 Å². The SMILES string of the molecule is CCN1C(=O)S/C(=C/c2c(OC)ccc3ccc(OC)cc23)C1=O. The largest absolute Gasteiger partial charge is 0.497 e. The second-order valence-corrected chi connectivity index (χ2v) is 6.19. The molecule has 0 aromatic heterocycles. The predicted molar refractivity (Wildman–Crippen MR) is 95.4 cm³/mol. The number of hydrogen-bond donors (Lipinski definition) is 0. The number of rotatable bonds is 4. The summed E-state index contributed by atoms with van der Waals surface area (Å²) in [5.74, 6) is 1.08. The van der Waals surface area contributed by atoms with Crippen LogP contribution < -0.4 is 9.47 Å². The fraction of sp³-hybridized carbons (Fsp3) is 0.222. The molecule has 1 aliphatic rings. The number of hydrogen-bond acceptors (Lipinski definition) is 5. The molecule has 1 heterocycles. The van der Waals surface area contributed by atoms with Crippen molar-refractivity contribution < 1.29 is 19.1 Å². The summed E-state index contributed by atoms with van der Waals surface area (Å²) in [6.07, 6.45) is 1.72. The molecule has 0 radical (unpaired) electrons. The van der Waals surface area contributed by atoms with Crippen LogP contribution in [0.4, 0.5) is 4.79 Å². The zero-order valence-electron chi connectivity index (χ0n) is 13.7. The summed E-state index contributed by atoms with van der Waals surface area (Å²) in [5.41, 5.74) is 0.760. The van der Waals surface area contributed by atoms with Gasteiger partial charge in [0.15, 0.2) is 0 Å². The number of methoxy groups -OCH3 is 2. The average molecular weight is 343 g/mol. The molecule has 1 fully saturated rings. The third-order valence-corrected chi connectivity index (χ3v) is 4.82. The van der Waals surface area contributed by atoms with Crippen molar-refractivity contribution in [1.82, 2.24) is 4.90 Å². The van der Waals surface area contributed by atoms with E-state index in [1.54, 1.807) is 27.2 Å². The summed E-state index contributed by atoms with van der Waals surface area (Å²) in [6.45, 7) is 2.14. The molecule has 124 valence electrons. The molecule has 5 nitrogen and oxygen atoms in total. The maximum atomic E-state index is 12.4. The minimum atomic E-state index is -0.269. The quantitative estimate of drug-likeness (QED) is 0.788. The van der Waals surface area contributed by atoms with Gasteiger partial charge in [-0.2, -0.15) is 0 Å². The summed E-state index contributed by atoms with van der Waals surface area (Å²) in [7, 11) is 3.18. The van der Waals surface area contributed by atoms with E-state index in [4.69, 9.17) is 9.47 Å². The zero-order valence-corrected chi connectivity index (χ0v) is 14.5. The number of likely N-dealkylation sites (N-methyl/N-ethyl adjacent to an activating group) is 1. The Morgan fingerprint density at radius 2 is 1.88 bits per heavy atom. The summed E-state index contributed by atoms with van der Waals surface area (Å²) < 4.78 is 10.7. The molecule has 1 saturated heterocycles. The third kappa shape index (κ3) is 2.73. The summed E-state index contributed by atoms with van der Waals surface area (Å²) in [5, 5.41) is 1.65. The molecule has 2 aromatic rings. The number of imide groups is 1. The molecule has 2 aromatic carbocycles. The number of benzene rings is 2. The number of carbonyl (C=O) groups excluding carboxylic acids is 2. The fourth-order valence-corrected chi connectivity index (χ4v) is 3.54. The van der Waals surface area contributed by atoms with E-state index in [-0.39, 0.29) is 11.1 Å².